The Bertz CT molecular complexity index is 841. The molecule has 21 heavy (non-hydrogen) atoms. The zero-order valence-electron chi connectivity index (χ0n) is 10.9. The van der Waals surface area contributed by atoms with Crippen LogP contribution >= 0.6 is 34.8 Å². The van der Waals surface area contributed by atoms with Gasteiger partial charge in [0.25, 0.3) is 0 Å². The number of halogens is 3. The lowest BCUT2D eigenvalue weighted by molar-refractivity contribution is 1.40. The molecule has 0 radical (unpaired) electrons. The van der Waals surface area contributed by atoms with Crippen molar-refractivity contribution in [1.29, 1.82) is 0 Å². The number of hydrogen-bond acceptors (Lipinski definition) is 1. The second-order valence-electron chi connectivity index (χ2n) is 4.54. The van der Waals surface area contributed by atoms with E-state index in [1.54, 1.807) is 6.20 Å². The summed E-state index contributed by atoms with van der Waals surface area (Å²) in [6.07, 6.45) is 5.47. The Morgan fingerprint density at radius 1 is 0.857 bits per heavy atom. The first-order chi connectivity index (χ1) is 10.1. The summed E-state index contributed by atoms with van der Waals surface area (Å²) in [4.78, 5) is 4.38. The van der Waals surface area contributed by atoms with E-state index in [4.69, 9.17) is 34.8 Å². The minimum atomic E-state index is 0.603. The monoisotopic (exact) mass is 333 g/mol. The Labute approximate surface area is 137 Å². The van der Waals surface area contributed by atoms with Gasteiger partial charge >= 0.3 is 0 Å². The lowest BCUT2D eigenvalue weighted by Crippen LogP contribution is -1.85. The predicted octanol–water partition coefficient (Wildman–Crippen LogP) is 6.37. The van der Waals surface area contributed by atoms with E-state index in [0.717, 1.165) is 22.0 Å². The van der Waals surface area contributed by atoms with E-state index in [1.165, 1.54) is 0 Å². The summed E-state index contributed by atoms with van der Waals surface area (Å²) in [5.74, 6) is 0. The van der Waals surface area contributed by atoms with Crippen LogP contribution in [0.25, 0.3) is 23.1 Å². The Kier molecular flexibility index (Phi) is 4.16. The topological polar surface area (TPSA) is 12.9 Å². The van der Waals surface area contributed by atoms with Gasteiger partial charge in [0.1, 0.15) is 0 Å². The maximum Gasteiger partial charge on any atom is 0.0790 e. The van der Waals surface area contributed by atoms with Crippen LogP contribution in [0.4, 0.5) is 0 Å². The van der Waals surface area contributed by atoms with Gasteiger partial charge < -0.3 is 0 Å². The molecule has 0 amide bonds. The number of hydrogen-bond donors (Lipinski definition) is 0. The Morgan fingerprint density at radius 2 is 1.67 bits per heavy atom. The van der Waals surface area contributed by atoms with Gasteiger partial charge in [0.15, 0.2) is 0 Å². The van der Waals surface area contributed by atoms with Crippen LogP contribution in [0, 0.1) is 0 Å². The fourth-order valence-electron chi connectivity index (χ4n) is 2.11. The van der Waals surface area contributed by atoms with E-state index >= 15 is 0 Å². The molecule has 0 saturated heterocycles. The second-order valence-corrected chi connectivity index (χ2v) is 5.79. The van der Waals surface area contributed by atoms with Crippen LogP contribution in [0.3, 0.4) is 0 Å². The molecule has 0 N–H and O–H groups in total. The highest BCUT2D eigenvalue weighted by Crippen LogP contribution is 2.28. The van der Waals surface area contributed by atoms with Crippen molar-refractivity contribution in [3.8, 4) is 0 Å². The number of aromatic nitrogens is 1. The van der Waals surface area contributed by atoms with Crippen LogP contribution in [0.5, 0.6) is 0 Å². The highest BCUT2D eigenvalue weighted by molar-refractivity contribution is 6.34. The molecule has 2 aromatic carbocycles. The van der Waals surface area contributed by atoms with E-state index in [9.17, 15) is 0 Å². The Morgan fingerprint density at radius 3 is 2.48 bits per heavy atom. The smallest absolute Gasteiger partial charge is 0.0790 e. The molecule has 0 aliphatic heterocycles. The summed E-state index contributed by atoms with van der Waals surface area (Å²) in [7, 11) is 0. The number of fused-ring (bicyclic) bond motifs is 1. The SMILES string of the molecule is Clc1cnc2c(/C=C/c3ccccc3Cl)c(Cl)ccc2c1. The van der Waals surface area contributed by atoms with E-state index in [-0.39, 0.29) is 0 Å². The van der Waals surface area contributed by atoms with Crippen molar-refractivity contribution < 1.29 is 0 Å². The third-order valence-corrected chi connectivity index (χ3v) is 4.02. The van der Waals surface area contributed by atoms with E-state index in [0.29, 0.717) is 15.1 Å². The number of rotatable bonds is 2. The molecule has 4 heteroatoms. The van der Waals surface area contributed by atoms with E-state index in [1.807, 2.05) is 54.6 Å². The third kappa shape index (κ3) is 3.06. The van der Waals surface area contributed by atoms with Gasteiger partial charge in [0, 0.05) is 22.2 Å². The van der Waals surface area contributed by atoms with Crippen LogP contribution in [0.1, 0.15) is 11.1 Å². The van der Waals surface area contributed by atoms with Crippen LogP contribution < -0.4 is 0 Å². The minimum absolute atomic E-state index is 0.603. The Hall–Kier alpha value is -1.54. The van der Waals surface area contributed by atoms with Crippen LogP contribution in [0.2, 0.25) is 15.1 Å². The van der Waals surface area contributed by atoms with Crippen molar-refractivity contribution in [2.24, 2.45) is 0 Å². The highest BCUT2D eigenvalue weighted by Gasteiger charge is 2.06. The molecule has 0 unspecified atom stereocenters. The molecule has 3 rings (SSSR count). The number of benzene rings is 2. The third-order valence-electron chi connectivity index (χ3n) is 3.14. The maximum absolute atomic E-state index is 6.29. The molecule has 1 nitrogen and oxygen atoms in total. The molecule has 1 aromatic heterocycles. The molecule has 0 aliphatic rings. The first-order valence-electron chi connectivity index (χ1n) is 6.31. The van der Waals surface area contributed by atoms with Crippen molar-refractivity contribution in [2.75, 3.05) is 0 Å². The van der Waals surface area contributed by atoms with Crippen LogP contribution in [-0.2, 0) is 0 Å². The molecule has 0 aliphatic carbocycles. The van der Waals surface area contributed by atoms with Gasteiger partial charge in [-0.3, -0.25) is 4.98 Å². The lowest BCUT2D eigenvalue weighted by Gasteiger charge is -2.05. The Balaban J connectivity index is 2.12. The summed E-state index contributed by atoms with van der Waals surface area (Å²) in [6.45, 7) is 0. The normalized spacial score (nSPS) is 11.4. The number of nitrogens with zero attached hydrogens (tertiary/aromatic N) is 1. The van der Waals surface area contributed by atoms with E-state index in [2.05, 4.69) is 4.98 Å². The second kappa shape index (κ2) is 6.07. The van der Waals surface area contributed by atoms with Gasteiger partial charge in [-0.1, -0.05) is 71.2 Å². The number of pyridine rings is 1. The highest BCUT2D eigenvalue weighted by atomic mass is 35.5. The molecule has 0 saturated carbocycles. The maximum atomic E-state index is 6.29. The van der Waals surface area contributed by atoms with Crippen molar-refractivity contribution in [3.63, 3.8) is 0 Å². The minimum Gasteiger partial charge on any atom is -0.254 e. The first kappa shape index (κ1) is 14.4. The van der Waals surface area contributed by atoms with E-state index < -0.39 is 0 Å². The van der Waals surface area contributed by atoms with Gasteiger partial charge in [0.2, 0.25) is 0 Å². The fraction of sp³-hybridized carbons (Fsp3) is 0. The summed E-state index contributed by atoms with van der Waals surface area (Å²) in [5.41, 5.74) is 2.60. The molecule has 0 atom stereocenters. The fourth-order valence-corrected chi connectivity index (χ4v) is 2.70. The summed E-state index contributed by atoms with van der Waals surface area (Å²) in [5, 5.41) is 2.89. The van der Waals surface area contributed by atoms with Crippen molar-refractivity contribution >= 4 is 57.9 Å². The molecule has 0 spiro atoms. The van der Waals surface area contributed by atoms with Crippen molar-refractivity contribution in [1.82, 2.24) is 4.98 Å². The summed E-state index contributed by atoms with van der Waals surface area (Å²) in [6, 6.07) is 13.2. The first-order valence-corrected chi connectivity index (χ1v) is 7.45. The quantitative estimate of drug-likeness (QED) is 0.496. The zero-order chi connectivity index (χ0) is 14.8. The molecule has 3 aromatic rings. The van der Waals surface area contributed by atoms with Gasteiger partial charge in [-0.05, 0) is 23.8 Å². The van der Waals surface area contributed by atoms with Crippen molar-refractivity contribution in [3.05, 3.63) is 74.9 Å². The molecular weight excluding hydrogens is 325 g/mol. The van der Waals surface area contributed by atoms with Gasteiger partial charge in [-0.2, -0.15) is 0 Å². The summed E-state index contributed by atoms with van der Waals surface area (Å²) < 4.78 is 0. The van der Waals surface area contributed by atoms with Crippen LogP contribution in [-0.4, -0.2) is 4.98 Å². The van der Waals surface area contributed by atoms with Gasteiger partial charge in [-0.25, -0.2) is 0 Å². The lowest BCUT2D eigenvalue weighted by atomic mass is 10.1. The summed E-state index contributed by atoms with van der Waals surface area (Å²) >= 11 is 18.4. The van der Waals surface area contributed by atoms with Crippen molar-refractivity contribution in [2.45, 2.75) is 0 Å². The molecule has 0 bridgehead atoms. The van der Waals surface area contributed by atoms with Gasteiger partial charge in [0.05, 0.1) is 15.6 Å². The average Bonchev–Trinajstić information content (AvgIpc) is 2.48. The molecule has 0 fully saturated rings. The molecule has 1 heterocycles. The van der Waals surface area contributed by atoms with Crippen LogP contribution in [0.15, 0.2) is 48.7 Å². The largest absolute Gasteiger partial charge is 0.254 e. The van der Waals surface area contributed by atoms with Gasteiger partial charge in [-0.15, -0.1) is 0 Å². The predicted molar refractivity (Wildman–Crippen MR) is 92.1 cm³/mol. The molecule has 104 valence electrons. The standard InChI is InChI=1S/C17H10Cl3N/c18-13-9-12-6-8-16(20)14(17(12)21-10-13)7-5-11-3-1-2-4-15(11)19/h1-10H/b7-5+. The zero-order valence-corrected chi connectivity index (χ0v) is 13.1. The average molecular weight is 335 g/mol. The molecular formula is C17H10Cl3N.